The van der Waals surface area contributed by atoms with E-state index in [0.29, 0.717) is 22.5 Å². The molecule has 2 aromatic carbocycles. The topological polar surface area (TPSA) is 71.1 Å². The third-order valence-corrected chi connectivity index (χ3v) is 6.49. The van der Waals surface area contributed by atoms with Crippen molar-refractivity contribution in [1.82, 2.24) is 15.3 Å². The van der Waals surface area contributed by atoms with Gasteiger partial charge in [-0.05, 0) is 70.7 Å². The molecule has 194 valence electrons. The predicted octanol–water partition coefficient (Wildman–Crippen LogP) is 7.01. The zero-order valence-corrected chi connectivity index (χ0v) is 22.1. The predicted molar refractivity (Wildman–Crippen MR) is 140 cm³/mol. The molecule has 0 amide bonds. The summed E-state index contributed by atoms with van der Waals surface area (Å²) in [5, 5.41) is 11.3. The quantitative estimate of drug-likeness (QED) is 0.286. The van der Waals surface area contributed by atoms with Crippen molar-refractivity contribution >= 4 is 38.6 Å². The highest BCUT2D eigenvalue weighted by molar-refractivity contribution is 9.10. The van der Waals surface area contributed by atoms with Gasteiger partial charge < -0.3 is 20.7 Å². The van der Waals surface area contributed by atoms with Crippen LogP contribution in [0.2, 0.25) is 0 Å². The molecule has 3 N–H and O–H groups in total. The molecule has 0 radical (unpaired) electrons. The number of fused-ring (bicyclic) bond motifs is 1. The Bertz CT molecular complexity index is 1190. The highest BCUT2D eigenvalue weighted by Crippen LogP contribution is 2.31. The van der Waals surface area contributed by atoms with Gasteiger partial charge in [-0.2, -0.15) is 4.98 Å². The Morgan fingerprint density at radius 1 is 0.972 bits per heavy atom. The molecule has 0 atom stereocenters. The first-order valence-electron chi connectivity index (χ1n) is 12.0. The Morgan fingerprint density at radius 2 is 1.67 bits per heavy atom. The summed E-state index contributed by atoms with van der Waals surface area (Å²) in [4.78, 5) is 9.48. The Balaban J connectivity index is 1.36. The smallest absolute Gasteiger partial charge is 0.405 e. The zero-order chi connectivity index (χ0) is 25.9. The maximum absolute atomic E-state index is 12.8. The number of ether oxygens (including phenoxy) is 1. The highest BCUT2D eigenvalue weighted by Gasteiger charge is 2.32. The minimum absolute atomic E-state index is 0.141. The molecule has 1 aliphatic rings. The van der Waals surface area contributed by atoms with Crippen LogP contribution in [0.5, 0.6) is 5.75 Å². The number of benzene rings is 2. The maximum Gasteiger partial charge on any atom is 0.573 e. The van der Waals surface area contributed by atoms with E-state index in [9.17, 15) is 13.2 Å². The molecule has 6 nitrogen and oxygen atoms in total. The van der Waals surface area contributed by atoms with E-state index < -0.39 is 6.36 Å². The van der Waals surface area contributed by atoms with Gasteiger partial charge >= 0.3 is 6.36 Å². The average Bonchev–Trinajstić information content (AvgIpc) is 2.77. The van der Waals surface area contributed by atoms with Crippen molar-refractivity contribution in [2.24, 2.45) is 0 Å². The monoisotopic (exact) mass is 565 g/mol. The lowest BCUT2D eigenvalue weighted by molar-refractivity contribution is -0.274. The lowest BCUT2D eigenvalue weighted by atomic mass is 9.91. The molecule has 1 saturated carbocycles. The maximum atomic E-state index is 12.8. The van der Waals surface area contributed by atoms with Crippen LogP contribution in [0.4, 0.5) is 24.9 Å². The fourth-order valence-corrected chi connectivity index (χ4v) is 4.70. The molecule has 1 fully saturated rings. The molecular formula is C26H31BrF3N5O. The van der Waals surface area contributed by atoms with E-state index in [1.807, 2.05) is 24.3 Å². The number of hydrogen-bond donors (Lipinski definition) is 3. The van der Waals surface area contributed by atoms with Gasteiger partial charge in [-0.1, -0.05) is 34.1 Å². The second-order valence-corrected chi connectivity index (χ2v) is 11.1. The molecule has 0 spiro atoms. The number of aromatic nitrogens is 2. The van der Waals surface area contributed by atoms with Gasteiger partial charge in [0.1, 0.15) is 11.6 Å². The largest absolute Gasteiger partial charge is 0.573 e. The third-order valence-electron chi connectivity index (χ3n) is 5.99. The number of anilines is 2. The molecule has 36 heavy (non-hydrogen) atoms. The van der Waals surface area contributed by atoms with Gasteiger partial charge in [0, 0.05) is 39.6 Å². The molecule has 1 aromatic heterocycles. The van der Waals surface area contributed by atoms with Crippen molar-refractivity contribution in [1.29, 1.82) is 0 Å². The second-order valence-electron chi connectivity index (χ2n) is 10.2. The SMILES string of the molecule is CC(C)(C)Nc1nc(NC2CCC(NCc3ccc(Br)cc3OC(F)(F)F)CC2)nc2ccccc12. The van der Waals surface area contributed by atoms with Gasteiger partial charge in [0.15, 0.2) is 0 Å². The van der Waals surface area contributed by atoms with Gasteiger partial charge in [-0.3, -0.25) is 0 Å². The number of nitrogens with one attached hydrogen (secondary N) is 3. The molecule has 0 saturated heterocycles. The molecule has 1 aliphatic carbocycles. The molecule has 1 heterocycles. The van der Waals surface area contributed by atoms with Crippen LogP contribution in [-0.2, 0) is 6.54 Å². The molecule has 3 aromatic rings. The number of alkyl halides is 3. The number of para-hydroxylation sites is 1. The first kappa shape index (κ1) is 26.5. The second kappa shape index (κ2) is 10.8. The fraction of sp³-hybridized carbons (Fsp3) is 0.462. The van der Waals surface area contributed by atoms with Crippen molar-refractivity contribution in [2.75, 3.05) is 10.6 Å². The Hall–Kier alpha value is -2.59. The van der Waals surface area contributed by atoms with E-state index >= 15 is 0 Å². The summed E-state index contributed by atoms with van der Waals surface area (Å²) in [5.41, 5.74) is 1.21. The van der Waals surface area contributed by atoms with Crippen LogP contribution in [0, 0.1) is 0 Å². The van der Waals surface area contributed by atoms with Gasteiger partial charge in [0.2, 0.25) is 5.95 Å². The van der Waals surface area contributed by atoms with Crippen molar-refractivity contribution < 1.29 is 17.9 Å². The van der Waals surface area contributed by atoms with Crippen LogP contribution < -0.4 is 20.7 Å². The Kier molecular flexibility index (Phi) is 7.94. The van der Waals surface area contributed by atoms with Crippen LogP contribution in [0.3, 0.4) is 0 Å². The van der Waals surface area contributed by atoms with E-state index in [4.69, 9.17) is 9.97 Å². The number of hydrogen-bond acceptors (Lipinski definition) is 6. The average molecular weight is 566 g/mol. The fourth-order valence-electron chi connectivity index (χ4n) is 4.36. The van der Waals surface area contributed by atoms with Crippen molar-refractivity contribution in [2.45, 2.75) is 77.0 Å². The van der Waals surface area contributed by atoms with Crippen molar-refractivity contribution in [3.8, 4) is 5.75 Å². The minimum atomic E-state index is -4.73. The van der Waals surface area contributed by atoms with Gasteiger partial charge in [-0.25, -0.2) is 4.98 Å². The zero-order valence-electron chi connectivity index (χ0n) is 20.5. The van der Waals surface area contributed by atoms with Gasteiger partial charge in [0.05, 0.1) is 5.52 Å². The summed E-state index contributed by atoms with van der Waals surface area (Å²) in [6.45, 7) is 6.59. The highest BCUT2D eigenvalue weighted by atomic mass is 79.9. The first-order valence-corrected chi connectivity index (χ1v) is 12.8. The standard InChI is InChI=1S/C26H31BrF3N5O/c1-25(2,3)35-23-20-6-4-5-7-21(20)33-24(34-23)32-19-12-10-18(11-13-19)31-15-16-8-9-17(27)14-22(16)36-26(28,29)30/h4-9,14,18-19,31H,10-13,15H2,1-3H3,(H2,32,33,34,35). The lowest BCUT2D eigenvalue weighted by Crippen LogP contribution is -2.37. The number of rotatable bonds is 7. The number of nitrogens with zero attached hydrogens (tertiary/aromatic N) is 2. The normalized spacial score (nSPS) is 18.8. The van der Waals surface area contributed by atoms with E-state index in [1.54, 1.807) is 12.1 Å². The lowest BCUT2D eigenvalue weighted by Gasteiger charge is -2.30. The Labute approximate surface area is 217 Å². The van der Waals surface area contributed by atoms with Crippen molar-refractivity contribution in [3.05, 3.63) is 52.5 Å². The summed E-state index contributed by atoms with van der Waals surface area (Å²) in [5.74, 6) is 1.21. The molecule has 0 bridgehead atoms. The van der Waals surface area contributed by atoms with Gasteiger partial charge in [0.25, 0.3) is 0 Å². The summed E-state index contributed by atoms with van der Waals surface area (Å²) in [6.07, 6.45) is -1.13. The molecule has 10 heteroatoms. The molecular weight excluding hydrogens is 535 g/mol. The van der Waals surface area contributed by atoms with Crippen LogP contribution in [0.1, 0.15) is 52.0 Å². The van der Waals surface area contributed by atoms with E-state index in [0.717, 1.165) is 42.4 Å². The van der Waals surface area contributed by atoms with E-state index in [1.165, 1.54) is 6.07 Å². The summed E-state index contributed by atoms with van der Waals surface area (Å²) in [7, 11) is 0. The van der Waals surface area contributed by atoms with E-state index in [-0.39, 0.29) is 23.4 Å². The third kappa shape index (κ3) is 7.46. The van der Waals surface area contributed by atoms with E-state index in [2.05, 4.69) is 57.4 Å². The first-order chi connectivity index (χ1) is 16.9. The summed E-state index contributed by atoms with van der Waals surface area (Å²) in [6, 6.07) is 13.1. The molecule has 0 unspecified atom stereocenters. The summed E-state index contributed by atoms with van der Waals surface area (Å²) >= 11 is 3.21. The van der Waals surface area contributed by atoms with Crippen molar-refractivity contribution in [3.63, 3.8) is 0 Å². The molecule has 0 aliphatic heterocycles. The van der Waals surface area contributed by atoms with Gasteiger partial charge in [-0.15, -0.1) is 13.2 Å². The Morgan fingerprint density at radius 3 is 2.36 bits per heavy atom. The van der Waals surface area contributed by atoms with Crippen LogP contribution in [-0.4, -0.2) is 34.0 Å². The minimum Gasteiger partial charge on any atom is -0.405 e. The van der Waals surface area contributed by atoms with Crippen LogP contribution >= 0.6 is 15.9 Å². The number of halogens is 4. The molecule has 4 rings (SSSR count). The van der Waals surface area contributed by atoms with Crippen LogP contribution in [0.25, 0.3) is 10.9 Å². The van der Waals surface area contributed by atoms with Crippen LogP contribution in [0.15, 0.2) is 46.9 Å². The summed E-state index contributed by atoms with van der Waals surface area (Å²) < 4.78 is 43.1.